The first-order valence-corrected chi connectivity index (χ1v) is 9.22. The molecule has 0 bridgehead atoms. The number of rotatable bonds is 6. The minimum atomic E-state index is -3.54. The highest BCUT2D eigenvalue weighted by atomic mass is 32.2. The molecule has 0 amide bonds. The van der Waals surface area contributed by atoms with Crippen molar-refractivity contribution in [1.82, 2.24) is 4.72 Å². The van der Waals surface area contributed by atoms with E-state index in [1.54, 1.807) is 11.8 Å². The predicted octanol–water partition coefficient (Wildman–Crippen LogP) is 1.88. The van der Waals surface area contributed by atoms with E-state index in [4.69, 9.17) is 5.11 Å². The molecule has 2 N–H and O–H groups in total. The van der Waals surface area contributed by atoms with E-state index in [0.717, 1.165) is 18.6 Å². The van der Waals surface area contributed by atoms with E-state index in [1.807, 2.05) is 0 Å². The van der Waals surface area contributed by atoms with Gasteiger partial charge in [0.05, 0.1) is 11.3 Å². The van der Waals surface area contributed by atoms with Crippen molar-refractivity contribution in [2.75, 3.05) is 12.3 Å². The van der Waals surface area contributed by atoms with Gasteiger partial charge in [0.15, 0.2) is 0 Å². The van der Waals surface area contributed by atoms with Gasteiger partial charge in [0.1, 0.15) is 0 Å². The van der Waals surface area contributed by atoms with Crippen molar-refractivity contribution in [3.05, 3.63) is 29.8 Å². The summed E-state index contributed by atoms with van der Waals surface area (Å²) in [5.74, 6) is 0.136. The smallest absolute Gasteiger partial charge is 0.307 e. The van der Waals surface area contributed by atoms with Gasteiger partial charge in [0, 0.05) is 11.3 Å². The summed E-state index contributed by atoms with van der Waals surface area (Å²) in [5, 5.41) is 8.70. The monoisotopic (exact) mass is 329 g/mol. The van der Waals surface area contributed by atoms with Gasteiger partial charge in [-0.1, -0.05) is 12.1 Å². The fraction of sp³-hybridized carbons (Fsp3) is 0.500. The molecule has 1 heterocycles. The molecule has 0 aliphatic carbocycles. The van der Waals surface area contributed by atoms with Gasteiger partial charge in [-0.25, -0.2) is 13.1 Å². The van der Waals surface area contributed by atoms with E-state index < -0.39 is 16.0 Å². The van der Waals surface area contributed by atoms with Crippen LogP contribution in [-0.2, 0) is 21.2 Å². The second kappa shape index (κ2) is 6.37. The lowest BCUT2D eigenvalue weighted by Gasteiger charge is -2.22. The van der Waals surface area contributed by atoms with E-state index in [1.165, 1.54) is 24.3 Å². The van der Waals surface area contributed by atoms with Crippen LogP contribution in [0.1, 0.15) is 25.3 Å². The molecule has 1 atom stereocenters. The Morgan fingerprint density at radius 2 is 2.05 bits per heavy atom. The lowest BCUT2D eigenvalue weighted by molar-refractivity contribution is -0.136. The number of thioether (sulfide) groups is 1. The zero-order valence-electron chi connectivity index (χ0n) is 11.8. The van der Waals surface area contributed by atoms with Crippen LogP contribution in [0.2, 0.25) is 0 Å². The number of hydrogen-bond donors (Lipinski definition) is 2. The summed E-state index contributed by atoms with van der Waals surface area (Å²) in [6.07, 6.45) is 2.02. The molecule has 0 aromatic heterocycles. The van der Waals surface area contributed by atoms with Crippen molar-refractivity contribution in [2.24, 2.45) is 0 Å². The molecule has 21 heavy (non-hydrogen) atoms. The highest BCUT2D eigenvalue weighted by Crippen LogP contribution is 2.37. The number of benzene rings is 1. The normalized spacial score (nSPS) is 22.3. The average Bonchev–Trinajstić information content (AvgIpc) is 2.84. The van der Waals surface area contributed by atoms with Crippen molar-refractivity contribution in [3.63, 3.8) is 0 Å². The van der Waals surface area contributed by atoms with Crippen LogP contribution in [0, 0.1) is 0 Å². The van der Waals surface area contributed by atoms with E-state index in [0.29, 0.717) is 12.1 Å². The van der Waals surface area contributed by atoms with E-state index in [2.05, 4.69) is 11.6 Å². The Balaban J connectivity index is 2.03. The Labute approximate surface area is 129 Å². The van der Waals surface area contributed by atoms with Crippen LogP contribution in [0.3, 0.4) is 0 Å². The molecule has 2 rings (SSSR count). The highest BCUT2D eigenvalue weighted by molar-refractivity contribution is 8.01. The third-order valence-corrected chi connectivity index (χ3v) is 6.48. The van der Waals surface area contributed by atoms with E-state index >= 15 is 0 Å². The van der Waals surface area contributed by atoms with Crippen molar-refractivity contribution in [1.29, 1.82) is 0 Å². The molecular weight excluding hydrogens is 310 g/mol. The summed E-state index contributed by atoms with van der Waals surface area (Å²) in [6, 6.07) is 5.97. The van der Waals surface area contributed by atoms with Crippen molar-refractivity contribution in [2.45, 2.75) is 35.8 Å². The average molecular weight is 329 g/mol. The summed E-state index contributed by atoms with van der Waals surface area (Å²) in [7, 11) is -3.54. The van der Waals surface area contributed by atoms with Gasteiger partial charge < -0.3 is 5.11 Å². The SMILES string of the molecule is CC1(CNS(=O)(=O)c2ccc(CC(=O)O)cc2)CCCS1. The molecule has 0 saturated carbocycles. The van der Waals surface area contributed by atoms with Crippen molar-refractivity contribution in [3.8, 4) is 0 Å². The summed E-state index contributed by atoms with van der Waals surface area (Å²) >= 11 is 1.80. The second-order valence-corrected chi connectivity index (χ2v) is 8.89. The minimum absolute atomic E-state index is 0.0314. The topological polar surface area (TPSA) is 83.5 Å². The lowest BCUT2D eigenvalue weighted by atomic mass is 10.1. The Kier molecular flexibility index (Phi) is 4.95. The minimum Gasteiger partial charge on any atom is -0.481 e. The second-order valence-electron chi connectivity index (χ2n) is 5.44. The van der Waals surface area contributed by atoms with Crippen LogP contribution in [0.4, 0.5) is 0 Å². The Hall–Kier alpha value is -1.05. The lowest BCUT2D eigenvalue weighted by Crippen LogP contribution is -2.36. The molecule has 1 aromatic carbocycles. The Morgan fingerprint density at radius 3 is 2.57 bits per heavy atom. The summed E-state index contributed by atoms with van der Waals surface area (Å²) < 4.78 is 27.1. The van der Waals surface area contributed by atoms with Crippen LogP contribution < -0.4 is 4.72 Å². The Bertz CT molecular complexity index is 604. The number of carbonyl (C=O) groups is 1. The molecule has 1 aliphatic rings. The molecule has 0 radical (unpaired) electrons. The molecule has 5 nitrogen and oxygen atoms in total. The maximum atomic E-state index is 12.2. The first-order chi connectivity index (χ1) is 9.81. The quantitative estimate of drug-likeness (QED) is 0.832. The van der Waals surface area contributed by atoms with Crippen molar-refractivity contribution >= 4 is 27.8 Å². The van der Waals surface area contributed by atoms with Crippen LogP contribution in [0.25, 0.3) is 0 Å². The number of nitrogens with one attached hydrogen (secondary N) is 1. The molecule has 1 unspecified atom stereocenters. The number of hydrogen-bond acceptors (Lipinski definition) is 4. The van der Waals surface area contributed by atoms with Crippen LogP contribution >= 0.6 is 11.8 Å². The standard InChI is InChI=1S/C14H19NO4S2/c1-14(7-2-8-20-14)10-15-21(18,19)12-5-3-11(4-6-12)9-13(16)17/h3-6,15H,2,7-10H2,1H3,(H,16,17). The third kappa shape index (κ3) is 4.46. The van der Waals surface area contributed by atoms with Gasteiger partial charge in [-0.05, 0) is 43.2 Å². The molecular formula is C14H19NO4S2. The van der Waals surface area contributed by atoms with Gasteiger partial charge in [-0.15, -0.1) is 0 Å². The van der Waals surface area contributed by atoms with Crippen LogP contribution in [0.15, 0.2) is 29.2 Å². The zero-order valence-corrected chi connectivity index (χ0v) is 13.5. The van der Waals surface area contributed by atoms with Gasteiger partial charge in [0.2, 0.25) is 10.0 Å². The molecule has 1 aliphatic heterocycles. The van der Waals surface area contributed by atoms with Gasteiger partial charge in [-0.3, -0.25) is 4.79 Å². The largest absolute Gasteiger partial charge is 0.481 e. The van der Waals surface area contributed by atoms with E-state index in [9.17, 15) is 13.2 Å². The maximum absolute atomic E-state index is 12.2. The summed E-state index contributed by atoms with van der Waals surface area (Å²) in [5.41, 5.74) is 0.583. The summed E-state index contributed by atoms with van der Waals surface area (Å²) in [6.45, 7) is 2.49. The molecule has 1 saturated heterocycles. The van der Waals surface area contributed by atoms with Crippen LogP contribution in [0.5, 0.6) is 0 Å². The molecule has 116 valence electrons. The summed E-state index contributed by atoms with van der Waals surface area (Å²) in [4.78, 5) is 10.8. The predicted molar refractivity (Wildman–Crippen MR) is 83.1 cm³/mol. The number of carboxylic acids is 1. The van der Waals surface area contributed by atoms with Gasteiger partial charge in [0.25, 0.3) is 0 Å². The highest BCUT2D eigenvalue weighted by Gasteiger charge is 2.31. The fourth-order valence-electron chi connectivity index (χ4n) is 2.27. The molecule has 0 spiro atoms. The van der Waals surface area contributed by atoms with E-state index in [-0.39, 0.29) is 16.1 Å². The number of sulfonamides is 1. The van der Waals surface area contributed by atoms with Crippen LogP contribution in [-0.4, -0.2) is 36.5 Å². The molecule has 1 aromatic rings. The maximum Gasteiger partial charge on any atom is 0.307 e. The third-order valence-electron chi connectivity index (χ3n) is 3.53. The Morgan fingerprint density at radius 1 is 1.38 bits per heavy atom. The molecule has 1 fully saturated rings. The first-order valence-electron chi connectivity index (χ1n) is 6.75. The van der Waals surface area contributed by atoms with Crippen molar-refractivity contribution < 1.29 is 18.3 Å². The fourth-order valence-corrected chi connectivity index (χ4v) is 4.77. The first kappa shape index (κ1) is 16.3. The van der Waals surface area contributed by atoms with Gasteiger partial charge >= 0.3 is 5.97 Å². The van der Waals surface area contributed by atoms with Gasteiger partial charge in [-0.2, -0.15) is 11.8 Å². The number of carboxylic acid groups (broad SMARTS) is 1. The zero-order chi connectivity index (χ0) is 15.5. The molecule has 7 heteroatoms. The number of aliphatic carboxylic acids is 1.